The van der Waals surface area contributed by atoms with Crippen LogP contribution in [0.1, 0.15) is 39.5 Å². The third-order valence-electron chi connectivity index (χ3n) is 3.69. The second-order valence-electron chi connectivity index (χ2n) is 4.70. The average Bonchev–Trinajstić information content (AvgIpc) is 2.41. The van der Waals surface area contributed by atoms with E-state index in [1.54, 1.807) is 0 Å². The highest BCUT2D eigenvalue weighted by molar-refractivity contribution is 5.80. The Morgan fingerprint density at radius 1 is 1.64 bits per heavy atom. The Hall–Kier alpha value is -0.570. The fourth-order valence-electron chi connectivity index (χ4n) is 3.05. The van der Waals surface area contributed by atoms with E-state index in [9.17, 15) is 4.79 Å². The van der Waals surface area contributed by atoms with E-state index in [4.69, 9.17) is 4.74 Å². The van der Waals surface area contributed by atoms with Crippen LogP contribution in [0.25, 0.3) is 0 Å². The molecule has 0 bridgehead atoms. The van der Waals surface area contributed by atoms with Crippen molar-refractivity contribution in [2.24, 2.45) is 5.41 Å². The number of carbonyl (C=O) groups is 1. The summed E-state index contributed by atoms with van der Waals surface area (Å²) in [4.78, 5) is 11.4. The van der Waals surface area contributed by atoms with Crippen molar-refractivity contribution in [1.29, 1.82) is 0 Å². The molecule has 0 aromatic carbocycles. The molecule has 1 amide bonds. The number of carbonyl (C=O) groups excluding carboxylic acids is 1. The molecule has 2 saturated heterocycles. The zero-order chi connectivity index (χ0) is 10.2. The second kappa shape index (κ2) is 3.54. The molecule has 2 rings (SSSR count). The molecule has 1 N–H and O–H groups in total. The van der Waals surface area contributed by atoms with Gasteiger partial charge in [-0.3, -0.25) is 4.79 Å². The summed E-state index contributed by atoms with van der Waals surface area (Å²) in [6.07, 6.45) is 4.13. The van der Waals surface area contributed by atoms with Crippen molar-refractivity contribution in [1.82, 2.24) is 5.32 Å². The highest BCUT2D eigenvalue weighted by Crippen LogP contribution is 2.44. The van der Waals surface area contributed by atoms with Crippen LogP contribution >= 0.6 is 0 Å². The summed E-state index contributed by atoms with van der Waals surface area (Å²) in [6.45, 7) is 5.07. The molecular weight excluding hydrogens is 178 g/mol. The monoisotopic (exact) mass is 197 g/mol. The first kappa shape index (κ1) is 9.97. The van der Waals surface area contributed by atoms with Crippen LogP contribution in [0, 0.1) is 5.41 Å². The van der Waals surface area contributed by atoms with Crippen LogP contribution in [-0.2, 0) is 9.53 Å². The van der Waals surface area contributed by atoms with Gasteiger partial charge >= 0.3 is 0 Å². The minimum Gasteiger partial charge on any atom is -0.378 e. The molecule has 2 heterocycles. The zero-order valence-electron chi connectivity index (χ0n) is 9.01. The third kappa shape index (κ3) is 1.54. The summed E-state index contributed by atoms with van der Waals surface area (Å²) in [5, 5.41) is 3.09. The van der Waals surface area contributed by atoms with Crippen LogP contribution in [0.3, 0.4) is 0 Å². The van der Waals surface area contributed by atoms with Crippen LogP contribution < -0.4 is 5.32 Å². The Labute approximate surface area is 85.2 Å². The lowest BCUT2D eigenvalue weighted by atomic mass is 9.71. The molecule has 3 atom stereocenters. The summed E-state index contributed by atoms with van der Waals surface area (Å²) in [6, 6.07) is 0.376. The van der Waals surface area contributed by atoms with Crippen molar-refractivity contribution in [2.45, 2.75) is 51.7 Å². The molecule has 80 valence electrons. The predicted octanol–water partition coefficient (Wildman–Crippen LogP) is 1.47. The van der Waals surface area contributed by atoms with Crippen molar-refractivity contribution in [3.8, 4) is 0 Å². The van der Waals surface area contributed by atoms with Gasteiger partial charge in [-0.05, 0) is 26.2 Å². The molecule has 2 aliphatic rings. The van der Waals surface area contributed by atoms with Gasteiger partial charge in [0.15, 0.2) is 0 Å². The first-order valence-corrected chi connectivity index (χ1v) is 5.57. The van der Waals surface area contributed by atoms with E-state index >= 15 is 0 Å². The lowest BCUT2D eigenvalue weighted by molar-refractivity contribution is -0.120. The number of amides is 1. The molecule has 2 fully saturated rings. The lowest BCUT2D eigenvalue weighted by Crippen LogP contribution is -2.42. The minimum absolute atomic E-state index is 0.198. The molecule has 3 unspecified atom stereocenters. The third-order valence-corrected chi connectivity index (χ3v) is 3.69. The van der Waals surface area contributed by atoms with Gasteiger partial charge in [0.05, 0.1) is 6.10 Å². The van der Waals surface area contributed by atoms with Gasteiger partial charge in [0, 0.05) is 24.5 Å². The molecule has 0 aromatic heterocycles. The van der Waals surface area contributed by atoms with Crippen LogP contribution in [-0.4, -0.2) is 24.7 Å². The fraction of sp³-hybridized carbons (Fsp3) is 0.909. The van der Waals surface area contributed by atoms with E-state index in [0.717, 1.165) is 25.9 Å². The highest BCUT2D eigenvalue weighted by atomic mass is 16.5. The number of hydrogen-bond donors (Lipinski definition) is 1. The maximum atomic E-state index is 11.4. The van der Waals surface area contributed by atoms with Crippen molar-refractivity contribution in [3.05, 3.63) is 0 Å². The molecule has 0 radical (unpaired) electrons. The normalized spacial score (nSPS) is 42.9. The second-order valence-corrected chi connectivity index (χ2v) is 4.70. The number of rotatable bonds is 1. The molecule has 0 aliphatic carbocycles. The minimum atomic E-state index is 0.198. The Kier molecular flexibility index (Phi) is 2.52. The van der Waals surface area contributed by atoms with Gasteiger partial charge in [-0.25, -0.2) is 0 Å². The van der Waals surface area contributed by atoms with E-state index in [-0.39, 0.29) is 11.3 Å². The predicted molar refractivity (Wildman–Crippen MR) is 53.9 cm³/mol. The molecule has 2 aliphatic heterocycles. The van der Waals surface area contributed by atoms with Crippen molar-refractivity contribution in [3.63, 3.8) is 0 Å². The Balaban J connectivity index is 2.15. The summed E-state index contributed by atoms with van der Waals surface area (Å²) >= 11 is 0. The number of nitrogens with one attached hydrogen (secondary N) is 1. The summed E-state index contributed by atoms with van der Waals surface area (Å²) in [7, 11) is 0. The maximum absolute atomic E-state index is 11.4. The number of ether oxygens (including phenoxy) is 1. The zero-order valence-corrected chi connectivity index (χ0v) is 9.01. The molecule has 0 aromatic rings. The first-order valence-electron chi connectivity index (χ1n) is 5.57. The first-order chi connectivity index (χ1) is 6.66. The van der Waals surface area contributed by atoms with Gasteiger partial charge < -0.3 is 10.1 Å². The van der Waals surface area contributed by atoms with E-state index < -0.39 is 0 Å². The van der Waals surface area contributed by atoms with Crippen LogP contribution in [0.4, 0.5) is 0 Å². The van der Waals surface area contributed by atoms with Gasteiger partial charge in [-0.2, -0.15) is 0 Å². The smallest absolute Gasteiger partial charge is 0.220 e. The van der Waals surface area contributed by atoms with Crippen molar-refractivity contribution < 1.29 is 9.53 Å². The Morgan fingerprint density at radius 2 is 2.43 bits per heavy atom. The van der Waals surface area contributed by atoms with Crippen LogP contribution in [0.15, 0.2) is 0 Å². The van der Waals surface area contributed by atoms with Gasteiger partial charge in [0.1, 0.15) is 0 Å². The van der Waals surface area contributed by atoms with Gasteiger partial charge in [-0.1, -0.05) is 6.92 Å². The Morgan fingerprint density at radius 3 is 3.07 bits per heavy atom. The van der Waals surface area contributed by atoms with E-state index in [1.165, 1.54) is 0 Å². The van der Waals surface area contributed by atoms with Gasteiger partial charge in [0.25, 0.3) is 0 Å². The molecule has 1 spiro atoms. The SMILES string of the molecule is CCC1NC(=O)CC12CCOC(C)C2. The molecule has 14 heavy (non-hydrogen) atoms. The quantitative estimate of drug-likeness (QED) is 0.691. The Bertz CT molecular complexity index is 241. The van der Waals surface area contributed by atoms with Gasteiger partial charge in [0.2, 0.25) is 5.91 Å². The van der Waals surface area contributed by atoms with Crippen LogP contribution in [0.5, 0.6) is 0 Å². The lowest BCUT2D eigenvalue weighted by Gasteiger charge is -2.40. The largest absolute Gasteiger partial charge is 0.378 e. The molecule has 3 heteroatoms. The summed E-state index contributed by atoms with van der Waals surface area (Å²) in [5.74, 6) is 0.228. The standard InChI is InChI=1S/C11H19NO2/c1-3-9-11(7-10(13)12-9)4-5-14-8(2)6-11/h8-9H,3-7H2,1-2H3,(H,12,13). The van der Waals surface area contributed by atoms with E-state index in [1.807, 2.05) is 0 Å². The fourth-order valence-corrected chi connectivity index (χ4v) is 3.05. The molecule has 0 saturated carbocycles. The molecular formula is C11H19NO2. The van der Waals surface area contributed by atoms with Crippen molar-refractivity contribution >= 4 is 5.91 Å². The van der Waals surface area contributed by atoms with E-state index in [2.05, 4.69) is 19.2 Å². The summed E-state index contributed by atoms with van der Waals surface area (Å²) in [5.41, 5.74) is 0.198. The summed E-state index contributed by atoms with van der Waals surface area (Å²) < 4.78 is 5.55. The number of hydrogen-bond acceptors (Lipinski definition) is 2. The average molecular weight is 197 g/mol. The van der Waals surface area contributed by atoms with Gasteiger partial charge in [-0.15, -0.1) is 0 Å². The van der Waals surface area contributed by atoms with E-state index in [0.29, 0.717) is 18.6 Å². The topological polar surface area (TPSA) is 38.3 Å². The van der Waals surface area contributed by atoms with Crippen LogP contribution in [0.2, 0.25) is 0 Å². The maximum Gasteiger partial charge on any atom is 0.220 e. The molecule has 3 nitrogen and oxygen atoms in total. The highest BCUT2D eigenvalue weighted by Gasteiger charge is 2.47. The van der Waals surface area contributed by atoms with Crippen molar-refractivity contribution in [2.75, 3.05) is 6.61 Å².